The summed E-state index contributed by atoms with van der Waals surface area (Å²) in [5, 5.41) is 0. The van der Waals surface area contributed by atoms with Gasteiger partial charge in [-0.15, -0.1) is 0 Å². The first-order valence-electron chi connectivity index (χ1n) is 7.85. The summed E-state index contributed by atoms with van der Waals surface area (Å²) in [4.78, 5) is 0.0407. The van der Waals surface area contributed by atoms with Gasteiger partial charge in [-0.2, -0.15) is 4.31 Å². The quantitative estimate of drug-likeness (QED) is 0.859. The van der Waals surface area contributed by atoms with Crippen molar-refractivity contribution in [3.8, 4) is 0 Å². The normalized spacial score (nSPS) is 17.3. The molecule has 1 fully saturated rings. The minimum absolute atomic E-state index is 0.0407. The van der Waals surface area contributed by atoms with Gasteiger partial charge in [0.15, 0.2) is 0 Å². The Labute approximate surface area is 136 Å². The molecule has 0 spiro atoms. The van der Waals surface area contributed by atoms with Crippen molar-refractivity contribution < 1.29 is 12.8 Å². The molecule has 5 heteroatoms. The largest absolute Gasteiger partial charge is 0.243 e. The fourth-order valence-electron chi connectivity index (χ4n) is 3.08. The number of piperidine rings is 1. The molecular weight excluding hydrogens is 313 g/mol. The predicted molar refractivity (Wildman–Crippen MR) is 88.0 cm³/mol. The van der Waals surface area contributed by atoms with Gasteiger partial charge >= 0.3 is 0 Å². The number of hydrogen-bond donors (Lipinski definition) is 0. The van der Waals surface area contributed by atoms with Crippen molar-refractivity contribution in [2.45, 2.75) is 24.2 Å². The van der Waals surface area contributed by atoms with Crippen LogP contribution in [0.3, 0.4) is 0 Å². The highest BCUT2D eigenvalue weighted by molar-refractivity contribution is 7.89. The monoisotopic (exact) mass is 333 g/mol. The Kier molecular flexibility index (Phi) is 4.78. The summed E-state index contributed by atoms with van der Waals surface area (Å²) in [6.45, 7) is 0.993. The number of halogens is 1. The molecule has 2 aromatic carbocycles. The van der Waals surface area contributed by atoms with Crippen molar-refractivity contribution >= 4 is 10.0 Å². The van der Waals surface area contributed by atoms with E-state index < -0.39 is 15.8 Å². The van der Waals surface area contributed by atoms with Crippen LogP contribution >= 0.6 is 0 Å². The lowest BCUT2D eigenvalue weighted by molar-refractivity contribution is 0.273. The van der Waals surface area contributed by atoms with E-state index in [-0.39, 0.29) is 4.90 Å². The smallest absolute Gasteiger partial charge is 0.207 e. The maximum Gasteiger partial charge on any atom is 0.243 e. The van der Waals surface area contributed by atoms with E-state index in [4.69, 9.17) is 0 Å². The summed E-state index contributed by atoms with van der Waals surface area (Å²) < 4.78 is 39.9. The zero-order chi connectivity index (χ0) is 16.3. The molecule has 0 aliphatic carbocycles. The molecule has 0 atom stereocenters. The minimum atomic E-state index is -3.59. The summed E-state index contributed by atoms with van der Waals surface area (Å²) >= 11 is 0. The lowest BCUT2D eigenvalue weighted by Crippen LogP contribution is -2.38. The molecule has 2 aromatic rings. The molecule has 1 saturated heterocycles. The summed E-state index contributed by atoms with van der Waals surface area (Å²) in [5.74, 6) is -0.0265. The molecule has 3 nitrogen and oxygen atoms in total. The Morgan fingerprint density at radius 2 is 1.70 bits per heavy atom. The van der Waals surface area contributed by atoms with E-state index in [1.807, 2.05) is 18.2 Å². The predicted octanol–water partition coefficient (Wildman–Crippen LogP) is 3.47. The van der Waals surface area contributed by atoms with Crippen LogP contribution in [0.5, 0.6) is 0 Å². The van der Waals surface area contributed by atoms with Crippen molar-refractivity contribution in [2.75, 3.05) is 13.1 Å². The third-order valence-corrected chi connectivity index (χ3v) is 6.27. The van der Waals surface area contributed by atoms with Gasteiger partial charge in [0.25, 0.3) is 0 Å². The first kappa shape index (κ1) is 16.1. The van der Waals surface area contributed by atoms with E-state index >= 15 is 0 Å². The Balaban J connectivity index is 1.64. The molecule has 1 heterocycles. The van der Waals surface area contributed by atoms with Gasteiger partial charge in [-0.3, -0.25) is 0 Å². The Morgan fingerprint density at radius 3 is 2.35 bits per heavy atom. The van der Waals surface area contributed by atoms with Crippen LogP contribution in [0.1, 0.15) is 18.4 Å². The fourth-order valence-corrected chi connectivity index (χ4v) is 4.58. The molecule has 0 aromatic heterocycles. The molecule has 3 rings (SSSR count). The van der Waals surface area contributed by atoms with Crippen LogP contribution < -0.4 is 0 Å². The van der Waals surface area contributed by atoms with Crippen LogP contribution in [0.15, 0.2) is 59.5 Å². The fraction of sp³-hybridized carbons (Fsp3) is 0.333. The van der Waals surface area contributed by atoms with Crippen LogP contribution in [0.4, 0.5) is 4.39 Å². The molecule has 122 valence electrons. The molecule has 0 N–H and O–H groups in total. The van der Waals surface area contributed by atoms with Crippen molar-refractivity contribution in [1.29, 1.82) is 0 Å². The average molecular weight is 333 g/mol. The molecule has 1 aliphatic heterocycles. The second kappa shape index (κ2) is 6.81. The second-order valence-corrected chi connectivity index (χ2v) is 7.93. The molecule has 0 amide bonds. The van der Waals surface area contributed by atoms with Gasteiger partial charge in [0.05, 0.1) is 4.90 Å². The van der Waals surface area contributed by atoms with Gasteiger partial charge in [0.2, 0.25) is 10.0 Å². The number of sulfonamides is 1. The van der Waals surface area contributed by atoms with Crippen LogP contribution in [0.25, 0.3) is 0 Å². The SMILES string of the molecule is O=S(=O)(c1cccc(F)c1)N1CCC(Cc2ccccc2)CC1. The van der Waals surface area contributed by atoms with E-state index in [9.17, 15) is 12.8 Å². The summed E-state index contributed by atoms with van der Waals surface area (Å²) in [6, 6.07) is 15.5. The first-order valence-corrected chi connectivity index (χ1v) is 9.29. The standard InChI is InChI=1S/C18H20FNO2S/c19-17-7-4-8-18(14-17)23(21,22)20-11-9-16(10-12-20)13-15-5-2-1-3-6-15/h1-8,14,16H,9-13H2. The Bertz CT molecular complexity index is 754. The molecule has 23 heavy (non-hydrogen) atoms. The number of benzene rings is 2. The van der Waals surface area contributed by atoms with Crippen molar-refractivity contribution in [1.82, 2.24) is 4.31 Å². The van der Waals surface area contributed by atoms with E-state index in [1.165, 1.54) is 28.1 Å². The number of nitrogens with zero attached hydrogens (tertiary/aromatic N) is 1. The second-order valence-electron chi connectivity index (χ2n) is 5.99. The minimum Gasteiger partial charge on any atom is -0.207 e. The highest BCUT2D eigenvalue weighted by Crippen LogP contribution is 2.26. The lowest BCUT2D eigenvalue weighted by Gasteiger charge is -2.31. The molecule has 1 aliphatic rings. The Hall–Kier alpha value is -1.72. The molecule has 0 bridgehead atoms. The average Bonchev–Trinajstić information content (AvgIpc) is 2.56. The number of rotatable bonds is 4. The highest BCUT2D eigenvalue weighted by Gasteiger charge is 2.29. The van der Waals surface area contributed by atoms with Gasteiger partial charge in [0.1, 0.15) is 5.82 Å². The topological polar surface area (TPSA) is 37.4 Å². The molecule has 0 unspecified atom stereocenters. The maximum atomic E-state index is 13.3. The van der Waals surface area contributed by atoms with Gasteiger partial charge in [-0.1, -0.05) is 36.4 Å². The summed E-state index contributed by atoms with van der Waals surface area (Å²) in [5.41, 5.74) is 1.29. The van der Waals surface area contributed by atoms with E-state index in [1.54, 1.807) is 0 Å². The molecule has 0 saturated carbocycles. The van der Waals surface area contributed by atoms with Crippen LogP contribution in [0.2, 0.25) is 0 Å². The zero-order valence-corrected chi connectivity index (χ0v) is 13.7. The molecule has 0 radical (unpaired) electrons. The van der Waals surface area contributed by atoms with Gasteiger partial charge in [-0.05, 0) is 48.9 Å². The maximum absolute atomic E-state index is 13.3. The van der Waals surface area contributed by atoms with Crippen molar-refractivity contribution in [3.63, 3.8) is 0 Å². The van der Waals surface area contributed by atoms with Gasteiger partial charge in [-0.25, -0.2) is 12.8 Å². The number of hydrogen-bond acceptors (Lipinski definition) is 2. The third-order valence-electron chi connectivity index (χ3n) is 4.37. The summed E-state index contributed by atoms with van der Waals surface area (Å²) in [6.07, 6.45) is 2.65. The zero-order valence-electron chi connectivity index (χ0n) is 12.9. The van der Waals surface area contributed by atoms with E-state index in [2.05, 4.69) is 12.1 Å². The molecular formula is C18H20FNO2S. The first-order chi connectivity index (χ1) is 11.1. The van der Waals surface area contributed by atoms with Crippen LogP contribution in [0, 0.1) is 11.7 Å². The van der Waals surface area contributed by atoms with E-state index in [0.29, 0.717) is 19.0 Å². The highest BCUT2D eigenvalue weighted by atomic mass is 32.2. The van der Waals surface area contributed by atoms with Crippen molar-refractivity contribution in [3.05, 3.63) is 66.0 Å². The van der Waals surface area contributed by atoms with E-state index in [0.717, 1.165) is 25.3 Å². The third kappa shape index (κ3) is 3.79. The van der Waals surface area contributed by atoms with Gasteiger partial charge in [0, 0.05) is 13.1 Å². The van der Waals surface area contributed by atoms with Crippen molar-refractivity contribution in [2.24, 2.45) is 5.92 Å². The Morgan fingerprint density at radius 1 is 1.00 bits per heavy atom. The van der Waals surface area contributed by atoms with Crippen LogP contribution in [-0.4, -0.2) is 25.8 Å². The van der Waals surface area contributed by atoms with Crippen LogP contribution in [-0.2, 0) is 16.4 Å². The summed E-state index contributed by atoms with van der Waals surface area (Å²) in [7, 11) is -3.59. The van der Waals surface area contributed by atoms with Gasteiger partial charge < -0.3 is 0 Å². The lowest BCUT2D eigenvalue weighted by atomic mass is 9.91.